The summed E-state index contributed by atoms with van der Waals surface area (Å²) in [6.07, 6.45) is 14.5. The van der Waals surface area contributed by atoms with Gasteiger partial charge in [0.2, 0.25) is 5.88 Å². The number of rotatable bonds is 4. The summed E-state index contributed by atoms with van der Waals surface area (Å²) in [5.41, 5.74) is 1.72. The van der Waals surface area contributed by atoms with Crippen LogP contribution in [0.3, 0.4) is 0 Å². The lowest BCUT2D eigenvalue weighted by Crippen LogP contribution is -2.57. The van der Waals surface area contributed by atoms with Crippen LogP contribution in [-0.4, -0.2) is 43.6 Å². The number of carbonyl (C=O) groups is 1. The number of carbonyl (C=O) groups excluding carboxylic acids is 1. The number of aliphatic hydroxyl groups excluding tert-OH is 1. The summed E-state index contributed by atoms with van der Waals surface area (Å²) >= 11 is 0. The maximum Gasteiger partial charge on any atom is 0.243 e. The summed E-state index contributed by atoms with van der Waals surface area (Å²) in [6, 6.07) is 0. The predicted molar refractivity (Wildman–Crippen MR) is 133 cm³/mol. The summed E-state index contributed by atoms with van der Waals surface area (Å²) in [7, 11) is 1.59. The van der Waals surface area contributed by atoms with Crippen molar-refractivity contribution < 1.29 is 14.6 Å². The molecule has 0 bridgehead atoms. The average Bonchev–Trinajstić information content (AvgIpc) is 3.26. The largest absolute Gasteiger partial charge is 0.479 e. The number of aliphatic hydroxyl groups is 1. The van der Waals surface area contributed by atoms with Crippen molar-refractivity contribution in [2.24, 2.45) is 40.4 Å². The molecular formula is C28H40N4O3. The van der Waals surface area contributed by atoms with Crippen LogP contribution in [0.15, 0.2) is 12.7 Å². The molecule has 0 aromatic carbocycles. The Labute approximate surface area is 208 Å². The van der Waals surface area contributed by atoms with Crippen LogP contribution in [0.5, 0.6) is 5.88 Å². The van der Waals surface area contributed by atoms with Crippen molar-refractivity contribution in [1.82, 2.24) is 19.5 Å². The van der Waals surface area contributed by atoms with E-state index in [1.807, 2.05) is 4.57 Å². The van der Waals surface area contributed by atoms with E-state index >= 15 is 0 Å². The highest BCUT2D eigenvalue weighted by Crippen LogP contribution is 2.66. The number of aromatic nitrogens is 4. The minimum atomic E-state index is -0.0987. The van der Waals surface area contributed by atoms with Crippen LogP contribution in [0.1, 0.15) is 78.1 Å². The number of imidazole rings is 1. The average molecular weight is 481 g/mol. The standard InChI is InChI=1S/C28H40N4O3/c1-27-11-9-18(33)13-17(27)7-8-19-20-5-4-6-22(28(20,2)12-10-21(19)27)23(34)14-32-16-31-25-24(32)26(35-3)30-15-29-25/h15-22,33H,4-14H2,1-3H3/t17-,18+,19-,20-,21-,22+,27-,28-/m0/s1. The highest BCUT2D eigenvalue weighted by molar-refractivity contribution is 5.84. The maximum absolute atomic E-state index is 13.9. The third-order valence-electron chi connectivity index (χ3n) is 11.2. The van der Waals surface area contributed by atoms with E-state index in [0.717, 1.165) is 43.9 Å². The molecule has 4 aliphatic carbocycles. The zero-order valence-electron chi connectivity index (χ0n) is 21.4. The topological polar surface area (TPSA) is 90.1 Å². The first-order valence-electron chi connectivity index (χ1n) is 13.8. The van der Waals surface area contributed by atoms with Crippen LogP contribution in [0.4, 0.5) is 0 Å². The second-order valence-corrected chi connectivity index (χ2v) is 12.5. The van der Waals surface area contributed by atoms with Gasteiger partial charge in [-0.05, 0) is 92.3 Å². The van der Waals surface area contributed by atoms with Gasteiger partial charge in [0, 0.05) is 5.92 Å². The normalized spacial score (nSPS) is 41.0. The van der Waals surface area contributed by atoms with Crippen LogP contribution in [-0.2, 0) is 11.3 Å². The number of hydrogen-bond acceptors (Lipinski definition) is 6. The molecule has 2 heterocycles. The van der Waals surface area contributed by atoms with Crippen molar-refractivity contribution in [1.29, 1.82) is 0 Å². The predicted octanol–water partition coefficient (Wildman–Crippen LogP) is 4.81. The number of methoxy groups -OCH3 is 1. The third-order valence-corrected chi connectivity index (χ3v) is 11.2. The third kappa shape index (κ3) is 3.55. The van der Waals surface area contributed by atoms with Gasteiger partial charge in [0.25, 0.3) is 0 Å². The van der Waals surface area contributed by atoms with E-state index in [0.29, 0.717) is 46.6 Å². The Morgan fingerprint density at radius 1 is 1.06 bits per heavy atom. The molecule has 4 saturated carbocycles. The number of nitrogens with zero attached hydrogens (tertiary/aromatic N) is 4. The second kappa shape index (κ2) is 8.53. The Bertz CT molecular complexity index is 1120. The molecule has 0 spiro atoms. The first-order valence-corrected chi connectivity index (χ1v) is 13.8. The van der Waals surface area contributed by atoms with E-state index < -0.39 is 0 Å². The van der Waals surface area contributed by atoms with Crippen LogP contribution in [0.2, 0.25) is 0 Å². The Kier molecular flexibility index (Phi) is 5.70. The number of hydrogen-bond donors (Lipinski definition) is 1. The van der Waals surface area contributed by atoms with Gasteiger partial charge < -0.3 is 14.4 Å². The van der Waals surface area contributed by atoms with Crippen molar-refractivity contribution in [3.05, 3.63) is 12.7 Å². The summed E-state index contributed by atoms with van der Waals surface area (Å²) < 4.78 is 7.32. The molecule has 0 radical (unpaired) electrons. The molecule has 8 atom stereocenters. The summed E-state index contributed by atoms with van der Waals surface area (Å²) in [5, 5.41) is 10.3. The summed E-state index contributed by atoms with van der Waals surface area (Å²) in [4.78, 5) is 26.8. The molecule has 6 rings (SSSR count). The van der Waals surface area contributed by atoms with Crippen molar-refractivity contribution in [2.45, 2.75) is 90.7 Å². The van der Waals surface area contributed by atoms with Gasteiger partial charge in [0.1, 0.15) is 6.33 Å². The van der Waals surface area contributed by atoms with E-state index in [1.54, 1.807) is 13.4 Å². The van der Waals surface area contributed by atoms with Crippen molar-refractivity contribution in [3.8, 4) is 5.88 Å². The zero-order chi connectivity index (χ0) is 24.4. The van der Waals surface area contributed by atoms with Crippen LogP contribution in [0.25, 0.3) is 11.2 Å². The second-order valence-electron chi connectivity index (χ2n) is 12.5. The molecule has 4 aliphatic rings. The SMILES string of the molecule is COc1ncnc2ncn(CC(=O)[C@H]3CCC[C@H]4[C@@H]5CC[C@H]6C[C@H](O)CC[C@]6(C)[C@H]5CC[C@]34C)c12. The lowest BCUT2D eigenvalue weighted by atomic mass is 9.41. The molecular weight excluding hydrogens is 440 g/mol. The molecule has 0 amide bonds. The molecule has 7 heteroatoms. The van der Waals surface area contributed by atoms with Crippen LogP contribution < -0.4 is 4.74 Å². The molecule has 0 saturated heterocycles. The first kappa shape index (κ1) is 23.4. The molecule has 0 unspecified atom stereocenters. The Morgan fingerprint density at radius 2 is 1.86 bits per heavy atom. The van der Waals surface area contributed by atoms with Gasteiger partial charge in [-0.3, -0.25) is 4.79 Å². The summed E-state index contributed by atoms with van der Waals surface area (Å²) in [5.74, 6) is 3.66. The molecule has 2 aromatic rings. The molecule has 190 valence electrons. The van der Waals surface area contributed by atoms with Crippen molar-refractivity contribution in [2.75, 3.05) is 7.11 Å². The fraction of sp³-hybridized carbons (Fsp3) is 0.786. The van der Waals surface area contributed by atoms with Crippen molar-refractivity contribution >= 4 is 16.9 Å². The minimum Gasteiger partial charge on any atom is -0.479 e. The molecule has 1 N–H and O–H groups in total. The monoisotopic (exact) mass is 480 g/mol. The van der Waals surface area contributed by atoms with E-state index in [4.69, 9.17) is 4.74 Å². The van der Waals surface area contributed by atoms with Gasteiger partial charge in [-0.1, -0.05) is 20.3 Å². The number of Topliss-reactive ketones (excluding diaryl/α,β-unsaturated/α-hetero) is 1. The molecule has 7 nitrogen and oxygen atoms in total. The van der Waals surface area contributed by atoms with Gasteiger partial charge >= 0.3 is 0 Å². The fourth-order valence-electron chi connectivity index (χ4n) is 9.39. The van der Waals surface area contributed by atoms with Crippen molar-refractivity contribution in [3.63, 3.8) is 0 Å². The van der Waals surface area contributed by atoms with E-state index in [2.05, 4.69) is 28.8 Å². The number of fused-ring (bicyclic) bond motifs is 6. The Hall–Kier alpha value is -2.02. The smallest absolute Gasteiger partial charge is 0.243 e. The molecule has 4 fully saturated rings. The lowest BCUT2D eigenvalue weighted by molar-refractivity contribution is -0.160. The maximum atomic E-state index is 13.9. The van der Waals surface area contributed by atoms with Gasteiger partial charge in [-0.2, -0.15) is 4.98 Å². The molecule has 35 heavy (non-hydrogen) atoms. The number of ketones is 1. The fourth-order valence-corrected chi connectivity index (χ4v) is 9.39. The Morgan fingerprint density at radius 3 is 2.69 bits per heavy atom. The van der Waals surface area contributed by atoms with Crippen LogP contribution >= 0.6 is 0 Å². The highest BCUT2D eigenvalue weighted by Gasteiger charge is 2.59. The van der Waals surface area contributed by atoms with Gasteiger partial charge in [0.05, 0.1) is 26.1 Å². The first-order chi connectivity index (χ1) is 16.8. The van der Waals surface area contributed by atoms with Gasteiger partial charge in [-0.25, -0.2) is 9.97 Å². The quantitative estimate of drug-likeness (QED) is 0.675. The van der Waals surface area contributed by atoms with E-state index in [-0.39, 0.29) is 17.4 Å². The number of ether oxygens (including phenoxy) is 1. The van der Waals surface area contributed by atoms with E-state index in [1.165, 1.54) is 38.4 Å². The lowest BCUT2D eigenvalue weighted by Gasteiger charge is -2.63. The zero-order valence-corrected chi connectivity index (χ0v) is 21.4. The molecule has 0 aliphatic heterocycles. The van der Waals surface area contributed by atoms with Gasteiger partial charge in [-0.15, -0.1) is 0 Å². The summed E-state index contributed by atoms with van der Waals surface area (Å²) in [6.45, 7) is 5.28. The minimum absolute atomic E-state index is 0.0743. The molecule has 2 aromatic heterocycles. The van der Waals surface area contributed by atoms with Crippen LogP contribution in [0, 0.1) is 40.4 Å². The highest BCUT2D eigenvalue weighted by atomic mass is 16.5. The van der Waals surface area contributed by atoms with E-state index in [9.17, 15) is 9.90 Å². The van der Waals surface area contributed by atoms with Gasteiger partial charge in [0.15, 0.2) is 16.9 Å². The Balaban J connectivity index is 1.25.